The number of hydrogen-bond acceptors (Lipinski definition) is 4. The fraction of sp³-hybridized carbons (Fsp3) is 0.304. The van der Waals surface area contributed by atoms with Crippen LogP contribution in [0.4, 0.5) is 4.39 Å². The summed E-state index contributed by atoms with van der Waals surface area (Å²) in [5, 5.41) is 2.99. The van der Waals surface area contributed by atoms with Crippen LogP contribution < -0.4 is 5.32 Å². The van der Waals surface area contributed by atoms with E-state index in [4.69, 9.17) is 0 Å². The van der Waals surface area contributed by atoms with Gasteiger partial charge >= 0.3 is 0 Å². The van der Waals surface area contributed by atoms with Crippen LogP contribution in [-0.2, 0) is 27.1 Å². The maximum Gasteiger partial charge on any atom is 0.223 e. The van der Waals surface area contributed by atoms with Crippen LogP contribution in [0.1, 0.15) is 24.0 Å². The summed E-state index contributed by atoms with van der Waals surface area (Å²) in [5.41, 5.74) is 2.47. The van der Waals surface area contributed by atoms with Crippen molar-refractivity contribution in [1.29, 1.82) is 0 Å². The fourth-order valence-electron chi connectivity index (χ4n) is 3.92. The lowest BCUT2D eigenvalue weighted by atomic mass is 9.97. The molecule has 0 atom stereocenters. The number of halogens is 1. The zero-order chi connectivity index (χ0) is 22.6. The van der Waals surface area contributed by atoms with Crippen molar-refractivity contribution < 1.29 is 17.6 Å². The third-order valence-electron chi connectivity index (χ3n) is 5.71. The van der Waals surface area contributed by atoms with Crippen molar-refractivity contribution in [2.45, 2.75) is 25.1 Å². The molecule has 0 bridgehead atoms. The summed E-state index contributed by atoms with van der Waals surface area (Å²) >= 11 is 0. The van der Waals surface area contributed by atoms with E-state index in [1.54, 1.807) is 12.5 Å². The maximum atomic E-state index is 13.1. The Kier molecular flexibility index (Phi) is 6.66. The SMILES string of the molecule is O=C(NCc1ccccc1-n1ccnc1)C1CCN(S(=O)(=O)Cc2ccc(F)cc2)CC1. The molecule has 2 aromatic carbocycles. The van der Waals surface area contributed by atoms with Crippen LogP contribution in [0, 0.1) is 11.7 Å². The second kappa shape index (κ2) is 9.62. The quantitative estimate of drug-likeness (QED) is 0.593. The number of nitrogens with one attached hydrogen (secondary N) is 1. The maximum absolute atomic E-state index is 13.1. The zero-order valence-electron chi connectivity index (χ0n) is 17.5. The third-order valence-corrected chi connectivity index (χ3v) is 7.56. The molecule has 2 heterocycles. The average Bonchev–Trinajstić information content (AvgIpc) is 3.34. The molecule has 1 aromatic heterocycles. The molecule has 1 amide bonds. The van der Waals surface area contributed by atoms with Crippen LogP contribution in [0.2, 0.25) is 0 Å². The Morgan fingerprint density at radius 1 is 1.09 bits per heavy atom. The minimum absolute atomic E-state index is 0.0685. The summed E-state index contributed by atoms with van der Waals surface area (Å²) in [7, 11) is -3.51. The second-order valence-corrected chi connectivity index (χ2v) is 9.84. The summed E-state index contributed by atoms with van der Waals surface area (Å²) in [6.07, 6.45) is 6.20. The number of hydrogen-bond donors (Lipinski definition) is 1. The number of amides is 1. The van der Waals surface area contributed by atoms with Crippen LogP contribution in [0.3, 0.4) is 0 Å². The van der Waals surface area contributed by atoms with E-state index < -0.39 is 15.8 Å². The largest absolute Gasteiger partial charge is 0.352 e. The number of sulfonamides is 1. The normalized spacial score (nSPS) is 15.5. The monoisotopic (exact) mass is 456 g/mol. The van der Waals surface area contributed by atoms with Gasteiger partial charge in [0.1, 0.15) is 5.82 Å². The van der Waals surface area contributed by atoms with Gasteiger partial charge in [-0.15, -0.1) is 0 Å². The highest BCUT2D eigenvalue weighted by Gasteiger charge is 2.31. The van der Waals surface area contributed by atoms with Crippen LogP contribution in [0.5, 0.6) is 0 Å². The Bertz CT molecular complexity index is 1160. The molecule has 1 fully saturated rings. The van der Waals surface area contributed by atoms with Gasteiger partial charge in [0.15, 0.2) is 0 Å². The van der Waals surface area contributed by atoms with Gasteiger partial charge in [0.25, 0.3) is 0 Å². The minimum atomic E-state index is -3.51. The van der Waals surface area contributed by atoms with E-state index in [1.807, 2.05) is 35.0 Å². The highest BCUT2D eigenvalue weighted by molar-refractivity contribution is 7.88. The van der Waals surface area contributed by atoms with E-state index in [0.717, 1.165) is 11.3 Å². The van der Waals surface area contributed by atoms with Crippen molar-refractivity contribution >= 4 is 15.9 Å². The molecule has 0 spiro atoms. The van der Waals surface area contributed by atoms with Gasteiger partial charge in [0.05, 0.1) is 17.8 Å². The van der Waals surface area contributed by atoms with Gasteiger partial charge in [0.2, 0.25) is 15.9 Å². The lowest BCUT2D eigenvalue weighted by Crippen LogP contribution is -2.43. The third kappa shape index (κ3) is 5.23. The van der Waals surface area contributed by atoms with Gasteiger partial charge in [-0.3, -0.25) is 4.79 Å². The minimum Gasteiger partial charge on any atom is -0.352 e. The van der Waals surface area contributed by atoms with Gasteiger partial charge in [-0.1, -0.05) is 30.3 Å². The molecule has 0 unspecified atom stereocenters. The van der Waals surface area contributed by atoms with Crippen LogP contribution in [-0.4, -0.2) is 41.3 Å². The average molecular weight is 457 g/mol. The summed E-state index contributed by atoms with van der Waals surface area (Å²) in [5.74, 6) is -0.867. The Morgan fingerprint density at radius 2 is 1.81 bits per heavy atom. The van der Waals surface area contributed by atoms with Gasteiger partial charge in [-0.05, 0) is 42.2 Å². The lowest BCUT2D eigenvalue weighted by Gasteiger charge is -2.30. The Balaban J connectivity index is 1.31. The first-order valence-electron chi connectivity index (χ1n) is 10.5. The first-order chi connectivity index (χ1) is 15.4. The molecule has 168 valence electrons. The molecular formula is C23H25FN4O3S. The van der Waals surface area contributed by atoms with Crippen molar-refractivity contribution in [2.24, 2.45) is 5.92 Å². The number of aromatic nitrogens is 2. The summed E-state index contributed by atoms with van der Waals surface area (Å²) in [4.78, 5) is 16.8. The topological polar surface area (TPSA) is 84.3 Å². The molecule has 4 rings (SSSR count). The van der Waals surface area contributed by atoms with Crippen LogP contribution in [0.15, 0.2) is 67.3 Å². The predicted octanol–water partition coefficient (Wildman–Crippen LogP) is 2.87. The van der Waals surface area contributed by atoms with E-state index in [0.29, 0.717) is 38.0 Å². The molecule has 0 saturated carbocycles. The summed E-state index contributed by atoms with van der Waals surface area (Å²) in [6, 6.07) is 13.3. The molecule has 1 saturated heterocycles. The molecule has 32 heavy (non-hydrogen) atoms. The molecule has 1 N–H and O–H groups in total. The number of nitrogens with zero attached hydrogens (tertiary/aromatic N) is 3. The molecular weight excluding hydrogens is 431 g/mol. The smallest absolute Gasteiger partial charge is 0.223 e. The van der Waals surface area contributed by atoms with Crippen molar-refractivity contribution in [1.82, 2.24) is 19.2 Å². The Morgan fingerprint density at radius 3 is 2.50 bits per heavy atom. The summed E-state index contributed by atoms with van der Waals surface area (Å²) in [6.45, 7) is 0.983. The van der Waals surface area contributed by atoms with Gasteiger partial charge < -0.3 is 9.88 Å². The van der Waals surface area contributed by atoms with Gasteiger partial charge in [-0.2, -0.15) is 0 Å². The fourth-order valence-corrected chi connectivity index (χ4v) is 5.48. The zero-order valence-corrected chi connectivity index (χ0v) is 18.3. The van der Waals surface area contributed by atoms with Crippen molar-refractivity contribution in [2.75, 3.05) is 13.1 Å². The van der Waals surface area contributed by atoms with E-state index in [2.05, 4.69) is 10.3 Å². The van der Waals surface area contributed by atoms with Gasteiger partial charge in [-0.25, -0.2) is 22.1 Å². The molecule has 0 aliphatic carbocycles. The number of imidazole rings is 1. The Labute approximate surface area is 186 Å². The van der Waals surface area contributed by atoms with E-state index in [1.165, 1.54) is 28.6 Å². The lowest BCUT2D eigenvalue weighted by molar-refractivity contribution is -0.126. The number of carbonyl (C=O) groups is 1. The highest BCUT2D eigenvalue weighted by atomic mass is 32.2. The second-order valence-electron chi connectivity index (χ2n) is 7.87. The molecule has 1 aliphatic rings. The molecule has 1 aliphatic heterocycles. The first-order valence-corrected chi connectivity index (χ1v) is 12.1. The summed E-state index contributed by atoms with van der Waals surface area (Å²) < 4.78 is 41.8. The van der Waals surface area contributed by atoms with E-state index in [9.17, 15) is 17.6 Å². The standard InChI is InChI=1S/C23H25FN4O3S/c24-21-7-5-18(6-8-21)16-32(30,31)28-12-9-19(10-13-28)23(29)26-15-20-3-1-2-4-22(20)27-14-11-25-17-27/h1-8,11,14,17,19H,9-10,12-13,15-16H2,(H,26,29). The molecule has 0 radical (unpaired) electrons. The number of rotatable bonds is 7. The van der Waals surface area contributed by atoms with E-state index in [-0.39, 0.29) is 17.6 Å². The number of para-hydroxylation sites is 1. The van der Waals surface area contributed by atoms with Crippen LogP contribution in [0.25, 0.3) is 5.69 Å². The first kappa shape index (κ1) is 22.2. The van der Waals surface area contributed by atoms with Crippen molar-refractivity contribution in [3.8, 4) is 5.69 Å². The predicted molar refractivity (Wildman–Crippen MR) is 119 cm³/mol. The van der Waals surface area contributed by atoms with E-state index >= 15 is 0 Å². The highest BCUT2D eigenvalue weighted by Crippen LogP contribution is 2.22. The molecule has 3 aromatic rings. The van der Waals surface area contributed by atoms with Crippen molar-refractivity contribution in [3.05, 3.63) is 84.2 Å². The van der Waals surface area contributed by atoms with Gasteiger partial charge in [0, 0.05) is 37.9 Å². The number of carbonyl (C=O) groups excluding carboxylic acids is 1. The number of benzene rings is 2. The molecule has 7 nitrogen and oxygen atoms in total. The molecule has 9 heteroatoms. The Hall–Kier alpha value is -3.04. The van der Waals surface area contributed by atoms with Crippen molar-refractivity contribution in [3.63, 3.8) is 0 Å². The number of piperidine rings is 1. The van der Waals surface area contributed by atoms with Crippen LogP contribution >= 0.6 is 0 Å².